The molecule has 5 heteroatoms. The van der Waals surface area contributed by atoms with E-state index >= 15 is 0 Å². The number of aliphatic hydroxyl groups excluding tert-OH is 1. The summed E-state index contributed by atoms with van der Waals surface area (Å²) in [6.07, 6.45) is 1.36. The van der Waals surface area contributed by atoms with Crippen LogP contribution in [-0.2, 0) is 11.3 Å². The monoisotopic (exact) mass is 280 g/mol. The Morgan fingerprint density at radius 3 is 2.60 bits per heavy atom. The second-order valence-corrected chi connectivity index (χ2v) is 4.86. The third kappa shape index (κ3) is 4.51. The molecular weight excluding hydrogens is 256 g/mol. The van der Waals surface area contributed by atoms with Crippen molar-refractivity contribution in [2.45, 2.75) is 38.8 Å². The lowest BCUT2D eigenvalue weighted by molar-refractivity contribution is 0.155. The Hall–Kier alpha value is -1.59. The zero-order valence-corrected chi connectivity index (χ0v) is 12.4. The minimum atomic E-state index is -0.561. The first-order chi connectivity index (χ1) is 9.59. The molecule has 0 unspecified atom stereocenters. The lowest BCUT2D eigenvalue weighted by atomic mass is 9.94. The predicted octanol–water partition coefficient (Wildman–Crippen LogP) is 2.51. The molecule has 5 nitrogen and oxygen atoms in total. The molecule has 1 rings (SSSR count). The Kier molecular flexibility index (Phi) is 6.48. The highest BCUT2D eigenvalue weighted by atomic mass is 16.5. The van der Waals surface area contributed by atoms with Gasteiger partial charge in [0.05, 0.1) is 18.8 Å². The van der Waals surface area contributed by atoms with Gasteiger partial charge in [0.15, 0.2) is 0 Å². The van der Waals surface area contributed by atoms with Crippen LogP contribution in [-0.4, -0.2) is 30.4 Å². The summed E-state index contributed by atoms with van der Waals surface area (Å²) in [7, 11) is 1.63. The van der Waals surface area contributed by atoms with E-state index < -0.39 is 5.54 Å². The molecule has 0 aliphatic heterocycles. The molecular formula is C15H24N2O3. The number of urea groups is 1. The molecule has 0 aromatic heterocycles. The predicted molar refractivity (Wildman–Crippen MR) is 79.7 cm³/mol. The average molecular weight is 280 g/mol. The van der Waals surface area contributed by atoms with Crippen molar-refractivity contribution in [3.8, 4) is 0 Å². The van der Waals surface area contributed by atoms with Gasteiger partial charge in [-0.2, -0.15) is 0 Å². The molecule has 3 N–H and O–H groups in total. The summed E-state index contributed by atoms with van der Waals surface area (Å²) in [6, 6.07) is 7.17. The maximum Gasteiger partial charge on any atom is 0.319 e. The SMILES string of the molecule is CCC(CC)(CO)NC(=O)Nc1cccc(COC)c1. The van der Waals surface area contributed by atoms with Crippen molar-refractivity contribution in [3.63, 3.8) is 0 Å². The van der Waals surface area contributed by atoms with Crippen LogP contribution in [0.5, 0.6) is 0 Å². The van der Waals surface area contributed by atoms with Gasteiger partial charge in [-0.1, -0.05) is 26.0 Å². The number of aliphatic hydroxyl groups is 1. The topological polar surface area (TPSA) is 70.6 Å². The standard InChI is InChI=1S/C15H24N2O3/c1-4-15(5-2,11-18)17-14(19)16-13-8-6-7-12(9-13)10-20-3/h6-9,18H,4-5,10-11H2,1-3H3,(H2,16,17,19). The van der Waals surface area contributed by atoms with E-state index in [4.69, 9.17) is 4.74 Å². The van der Waals surface area contributed by atoms with Crippen molar-refractivity contribution in [2.75, 3.05) is 19.0 Å². The van der Waals surface area contributed by atoms with E-state index in [1.165, 1.54) is 0 Å². The summed E-state index contributed by atoms with van der Waals surface area (Å²) in [5, 5.41) is 15.1. The Bertz CT molecular complexity index is 423. The molecule has 0 radical (unpaired) electrons. The van der Waals surface area contributed by atoms with Gasteiger partial charge in [0.2, 0.25) is 0 Å². The molecule has 20 heavy (non-hydrogen) atoms. The third-order valence-corrected chi connectivity index (χ3v) is 3.53. The number of benzene rings is 1. The van der Waals surface area contributed by atoms with Crippen LogP contribution in [0.3, 0.4) is 0 Å². The van der Waals surface area contributed by atoms with Gasteiger partial charge < -0.3 is 20.5 Å². The van der Waals surface area contributed by atoms with E-state index in [1.54, 1.807) is 7.11 Å². The van der Waals surface area contributed by atoms with E-state index in [-0.39, 0.29) is 12.6 Å². The van der Waals surface area contributed by atoms with Gasteiger partial charge in [-0.3, -0.25) is 0 Å². The van der Waals surface area contributed by atoms with E-state index in [0.717, 1.165) is 5.56 Å². The van der Waals surface area contributed by atoms with Crippen molar-refractivity contribution in [2.24, 2.45) is 0 Å². The second kappa shape index (κ2) is 7.87. The first kappa shape index (κ1) is 16.5. The molecule has 0 atom stereocenters. The molecule has 0 bridgehead atoms. The lowest BCUT2D eigenvalue weighted by Crippen LogP contribution is -2.52. The molecule has 0 saturated heterocycles. The van der Waals surface area contributed by atoms with Crippen molar-refractivity contribution in [1.29, 1.82) is 0 Å². The number of rotatable bonds is 7. The highest BCUT2D eigenvalue weighted by Crippen LogP contribution is 2.15. The van der Waals surface area contributed by atoms with Crippen LogP contribution >= 0.6 is 0 Å². The van der Waals surface area contributed by atoms with E-state index in [2.05, 4.69) is 10.6 Å². The van der Waals surface area contributed by atoms with Crippen molar-refractivity contribution in [1.82, 2.24) is 5.32 Å². The smallest absolute Gasteiger partial charge is 0.319 e. The van der Waals surface area contributed by atoms with E-state index in [1.807, 2.05) is 38.1 Å². The van der Waals surface area contributed by atoms with Gasteiger partial charge >= 0.3 is 6.03 Å². The molecule has 0 aliphatic rings. The van der Waals surface area contributed by atoms with Gasteiger partial charge in [-0.15, -0.1) is 0 Å². The number of anilines is 1. The molecule has 1 aromatic rings. The van der Waals surface area contributed by atoms with Gasteiger partial charge in [-0.25, -0.2) is 4.79 Å². The van der Waals surface area contributed by atoms with Crippen LogP contribution in [0.1, 0.15) is 32.3 Å². The lowest BCUT2D eigenvalue weighted by Gasteiger charge is -2.30. The molecule has 0 fully saturated rings. The van der Waals surface area contributed by atoms with Crippen LogP contribution in [0.15, 0.2) is 24.3 Å². The zero-order valence-electron chi connectivity index (χ0n) is 12.4. The largest absolute Gasteiger partial charge is 0.394 e. The Balaban J connectivity index is 2.68. The summed E-state index contributed by atoms with van der Waals surface area (Å²) in [5.74, 6) is 0. The molecule has 0 aliphatic carbocycles. The summed E-state index contributed by atoms with van der Waals surface area (Å²) in [5.41, 5.74) is 1.13. The van der Waals surface area contributed by atoms with Crippen LogP contribution in [0.2, 0.25) is 0 Å². The van der Waals surface area contributed by atoms with Crippen LogP contribution < -0.4 is 10.6 Å². The Morgan fingerprint density at radius 2 is 2.05 bits per heavy atom. The number of carbonyl (C=O) groups is 1. The van der Waals surface area contributed by atoms with Gasteiger partial charge in [-0.05, 0) is 30.5 Å². The Morgan fingerprint density at radius 1 is 1.35 bits per heavy atom. The fourth-order valence-electron chi connectivity index (χ4n) is 2.00. The molecule has 0 heterocycles. The Labute approximate surface area is 120 Å². The second-order valence-electron chi connectivity index (χ2n) is 4.86. The normalized spacial score (nSPS) is 11.2. The van der Waals surface area contributed by atoms with E-state index in [9.17, 15) is 9.90 Å². The average Bonchev–Trinajstić information content (AvgIpc) is 2.46. The number of ether oxygens (including phenoxy) is 1. The maximum absolute atomic E-state index is 12.0. The molecule has 1 aromatic carbocycles. The summed E-state index contributed by atoms with van der Waals surface area (Å²) in [4.78, 5) is 12.0. The van der Waals surface area contributed by atoms with Crippen molar-refractivity contribution in [3.05, 3.63) is 29.8 Å². The minimum Gasteiger partial charge on any atom is -0.394 e. The first-order valence-electron chi connectivity index (χ1n) is 6.87. The van der Waals surface area contributed by atoms with Crippen LogP contribution in [0.25, 0.3) is 0 Å². The number of carbonyl (C=O) groups excluding carboxylic acids is 1. The van der Waals surface area contributed by atoms with Crippen LogP contribution in [0, 0.1) is 0 Å². The van der Waals surface area contributed by atoms with Gasteiger partial charge in [0, 0.05) is 12.8 Å². The number of hydrogen-bond donors (Lipinski definition) is 3. The van der Waals surface area contributed by atoms with E-state index in [0.29, 0.717) is 25.1 Å². The minimum absolute atomic E-state index is 0.0723. The van der Waals surface area contributed by atoms with Crippen molar-refractivity contribution < 1.29 is 14.6 Å². The summed E-state index contributed by atoms with van der Waals surface area (Å²) >= 11 is 0. The number of methoxy groups -OCH3 is 1. The maximum atomic E-state index is 12.0. The van der Waals surface area contributed by atoms with Gasteiger partial charge in [0.1, 0.15) is 0 Å². The highest BCUT2D eigenvalue weighted by Gasteiger charge is 2.27. The summed E-state index contributed by atoms with van der Waals surface area (Å²) < 4.78 is 5.06. The van der Waals surface area contributed by atoms with Crippen molar-refractivity contribution >= 4 is 11.7 Å². The molecule has 2 amide bonds. The third-order valence-electron chi connectivity index (χ3n) is 3.53. The fourth-order valence-corrected chi connectivity index (χ4v) is 2.00. The van der Waals surface area contributed by atoms with Crippen LogP contribution in [0.4, 0.5) is 10.5 Å². The quantitative estimate of drug-likeness (QED) is 0.718. The number of amides is 2. The molecule has 112 valence electrons. The number of nitrogens with one attached hydrogen (secondary N) is 2. The zero-order chi connectivity index (χ0) is 15.0. The number of hydrogen-bond acceptors (Lipinski definition) is 3. The fraction of sp³-hybridized carbons (Fsp3) is 0.533. The molecule has 0 saturated carbocycles. The molecule has 0 spiro atoms. The summed E-state index contributed by atoms with van der Waals surface area (Å²) in [6.45, 7) is 4.32. The first-order valence-corrected chi connectivity index (χ1v) is 6.87. The highest BCUT2D eigenvalue weighted by molar-refractivity contribution is 5.89. The van der Waals surface area contributed by atoms with Gasteiger partial charge in [0.25, 0.3) is 0 Å².